The first-order valence-electron chi connectivity index (χ1n) is 8.56. The van der Waals surface area contributed by atoms with Crippen LogP contribution < -0.4 is 14.8 Å². The number of nitrogens with one attached hydrogen (secondary N) is 1. The summed E-state index contributed by atoms with van der Waals surface area (Å²) >= 11 is 0. The molecule has 0 fully saturated rings. The van der Waals surface area contributed by atoms with Crippen LogP contribution in [0.5, 0.6) is 11.5 Å². The van der Waals surface area contributed by atoms with Gasteiger partial charge in [0.2, 0.25) is 5.95 Å². The second-order valence-corrected chi connectivity index (χ2v) is 6.15. The highest BCUT2D eigenvalue weighted by atomic mass is 16.5. The minimum atomic E-state index is -0.399. The molecule has 3 aromatic rings. The molecule has 146 valence electrons. The first-order valence-corrected chi connectivity index (χ1v) is 8.56. The highest BCUT2D eigenvalue weighted by Gasteiger charge is 2.13. The largest absolute Gasteiger partial charge is 0.493 e. The smallest absolute Gasteiger partial charge is 0.339 e. The number of aromatic nitrogens is 3. The molecule has 3 rings (SSSR count). The van der Waals surface area contributed by atoms with Gasteiger partial charge in [0.15, 0.2) is 11.5 Å². The van der Waals surface area contributed by atoms with Gasteiger partial charge in [0.05, 0.1) is 26.9 Å². The fourth-order valence-electron chi connectivity index (χ4n) is 2.88. The summed E-state index contributed by atoms with van der Waals surface area (Å²) < 4.78 is 17.3. The molecule has 0 spiro atoms. The Morgan fingerprint density at radius 1 is 1.11 bits per heavy atom. The van der Waals surface area contributed by atoms with Crippen LogP contribution in [0.15, 0.2) is 36.8 Å². The van der Waals surface area contributed by atoms with Gasteiger partial charge < -0.3 is 24.1 Å². The van der Waals surface area contributed by atoms with Crippen molar-refractivity contribution in [1.82, 2.24) is 14.5 Å². The molecule has 0 amide bonds. The van der Waals surface area contributed by atoms with Crippen molar-refractivity contribution in [3.8, 4) is 17.3 Å². The summed E-state index contributed by atoms with van der Waals surface area (Å²) in [5.74, 6) is 1.97. The zero-order valence-electron chi connectivity index (χ0n) is 16.4. The van der Waals surface area contributed by atoms with Crippen LogP contribution in [-0.4, -0.2) is 41.8 Å². The van der Waals surface area contributed by atoms with Crippen molar-refractivity contribution in [1.29, 1.82) is 0 Å². The Bertz CT molecular complexity index is 1010. The van der Waals surface area contributed by atoms with E-state index in [0.717, 1.165) is 16.8 Å². The predicted molar refractivity (Wildman–Crippen MR) is 105 cm³/mol. The molecule has 1 N–H and O–H groups in total. The third-order valence-electron chi connectivity index (χ3n) is 4.22. The van der Waals surface area contributed by atoms with Gasteiger partial charge in [-0.15, -0.1) is 0 Å². The van der Waals surface area contributed by atoms with Crippen LogP contribution in [0, 0.1) is 13.8 Å². The van der Waals surface area contributed by atoms with Crippen molar-refractivity contribution in [3.63, 3.8) is 0 Å². The van der Waals surface area contributed by atoms with E-state index in [1.807, 2.05) is 26.0 Å². The van der Waals surface area contributed by atoms with E-state index in [2.05, 4.69) is 15.3 Å². The summed E-state index contributed by atoms with van der Waals surface area (Å²) in [6.07, 6.45) is 5.15. The first kappa shape index (κ1) is 19.2. The van der Waals surface area contributed by atoms with Crippen LogP contribution in [0.25, 0.3) is 5.82 Å². The van der Waals surface area contributed by atoms with Crippen LogP contribution in [0.3, 0.4) is 0 Å². The molecule has 1 aromatic carbocycles. The number of benzene rings is 1. The second kappa shape index (κ2) is 7.99. The van der Waals surface area contributed by atoms with Crippen LogP contribution in [-0.2, 0) is 4.74 Å². The molecule has 28 heavy (non-hydrogen) atoms. The maximum Gasteiger partial charge on any atom is 0.339 e. The molecule has 0 saturated carbocycles. The van der Waals surface area contributed by atoms with Gasteiger partial charge in [0.25, 0.3) is 0 Å². The maximum absolute atomic E-state index is 11.7. The zero-order valence-corrected chi connectivity index (χ0v) is 16.4. The van der Waals surface area contributed by atoms with Crippen LogP contribution in [0.1, 0.15) is 21.5 Å². The number of carbonyl (C=O) groups is 1. The lowest BCUT2D eigenvalue weighted by Crippen LogP contribution is -2.05. The number of esters is 1. The number of methoxy groups -OCH3 is 3. The van der Waals surface area contributed by atoms with Gasteiger partial charge in [-0.25, -0.2) is 9.78 Å². The van der Waals surface area contributed by atoms with E-state index in [9.17, 15) is 4.79 Å². The predicted octanol–water partition coefficient (Wildman–Crippen LogP) is 3.43. The number of anilines is 2. The molecule has 2 heterocycles. The number of hydrogen-bond donors (Lipinski definition) is 1. The number of nitrogens with zero attached hydrogens (tertiary/aromatic N) is 3. The molecule has 0 atom stereocenters. The Hall–Kier alpha value is -3.55. The summed E-state index contributed by atoms with van der Waals surface area (Å²) in [7, 11) is 4.54. The van der Waals surface area contributed by atoms with Crippen molar-refractivity contribution < 1.29 is 19.0 Å². The van der Waals surface area contributed by atoms with E-state index in [4.69, 9.17) is 14.2 Å². The number of carbonyl (C=O) groups excluding carboxylic acids is 1. The van der Waals surface area contributed by atoms with Crippen molar-refractivity contribution >= 4 is 17.6 Å². The standard InChI is InChI=1S/C20H22N4O4/c1-12-8-15(9-16(26-3)17(12)27-4)22-20-21-10-13(2)18(23-20)24-7-6-14(11-24)19(25)28-5/h6-11H,1-5H3,(H,21,22,23). The third-order valence-corrected chi connectivity index (χ3v) is 4.22. The van der Waals surface area contributed by atoms with Gasteiger partial charge in [0, 0.05) is 35.9 Å². The molecule has 2 aromatic heterocycles. The number of ether oxygens (including phenoxy) is 3. The summed E-state index contributed by atoms with van der Waals surface area (Å²) in [4.78, 5) is 20.6. The number of aryl methyl sites for hydroxylation is 2. The fourth-order valence-corrected chi connectivity index (χ4v) is 2.88. The van der Waals surface area contributed by atoms with E-state index < -0.39 is 5.97 Å². The molecule has 8 heteroatoms. The van der Waals surface area contributed by atoms with Crippen LogP contribution in [0.4, 0.5) is 11.6 Å². The molecule has 0 aliphatic carbocycles. The fraction of sp³-hybridized carbons (Fsp3) is 0.250. The zero-order chi connectivity index (χ0) is 20.3. The van der Waals surface area contributed by atoms with Gasteiger partial charge in [-0.3, -0.25) is 0 Å². The maximum atomic E-state index is 11.7. The minimum absolute atomic E-state index is 0.399. The molecule has 0 saturated heterocycles. The topological polar surface area (TPSA) is 87.5 Å². The third kappa shape index (κ3) is 3.75. The Balaban J connectivity index is 1.93. The van der Waals surface area contributed by atoms with E-state index in [1.165, 1.54) is 7.11 Å². The lowest BCUT2D eigenvalue weighted by molar-refractivity contribution is 0.0601. The molecular formula is C20H22N4O4. The Labute approximate surface area is 163 Å². The molecule has 0 unspecified atom stereocenters. The SMILES string of the molecule is COC(=O)c1ccn(-c2nc(Nc3cc(C)c(OC)c(OC)c3)ncc2C)c1. The average Bonchev–Trinajstić information content (AvgIpc) is 3.18. The van der Waals surface area contributed by atoms with Crippen LogP contribution in [0.2, 0.25) is 0 Å². The normalized spacial score (nSPS) is 10.5. The summed E-state index contributed by atoms with van der Waals surface area (Å²) in [6, 6.07) is 5.42. The van der Waals surface area contributed by atoms with Crippen molar-refractivity contribution in [2.24, 2.45) is 0 Å². The van der Waals surface area contributed by atoms with Crippen molar-refractivity contribution in [2.45, 2.75) is 13.8 Å². The Morgan fingerprint density at radius 2 is 1.89 bits per heavy atom. The lowest BCUT2D eigenvalue weighted by atomic mass is 10.2. The summed E-state index contributed by atoms with van der Waals surface area (Å²) in [5.41, 5.74) is 3.00. The molecule has 0 radical (unpaired) electrons. The highest BCUT2D eigenvalue weighted by Crippen LogP contribution is 2.34. The van der Waals surface area contributed by atoms with E-state index in [1.54, 1.807) is 43.4 Å². The Kier molecular flexibility index (Phi) is 5.49. The first-order chi connectivity index (χ1) is 13.5. The van der Waals surface area contributed by atoms with Gasteiger partial charge in [0.1, 0.15) is 5.82 Å². The van der Waals surface area contributed by atoms with E-state index in [-0.39, 0.29) is 0 Å². The monoisotopic (exact) mass is 382 g/mol. The molecule has 8 nitrogen and oxygen atoms in total. The van der Waals surface area contributed by atoms with Crippen molar-refractivity contribution in [3.05, 3.63) is 53.5 Å². The lowest BCUT2D eigenvalue weighted by Gasteiger charge is -2.14. The van der Waals surface area contributed by atoms with Gasteiger partial charge >= 0.3 is 5.97 Å². The molecule has 0 aliphatic rings. The van der Waals surface area contributed by atoms with E-state index in [0.29, 0.717) is 28.8 Å². The number of rotatable bonds is 6. The van der Waals surface area contributed by atoms with Crippen LogP contribution >= 0.6 is 0 Å². The highest BCUT2D eigenvalue weighted by molar-refractivity contribution is 5.89. The molecular weight excluding hydrogens is 360 g/mol. The summed E-state index contributed by atoms with van der Waals surface area (Å²) in [5, 5.41) is 3.19. The molecule has 0 aliphatic heterocycles. The van der Waals surface area contributed by atoms with Gasteiger partial charge in [-0.05, 0) is 31.5 Å². The molecule has 0 bridgehead atoms. The van der Waals surface area contributed by atoms with E-state index >= 15 is 0 Å². The van der Waals surface area contributed by atoms with Gasteiger partial charge in [-0.2, -0.15) is 4.98 Å². The Morgan fingerprint density at radius 3 is 2.57 bits per heavy atom. The quantitative estimate of drug-likeness (QED) is 0.654. The average molecular weight is 382 g/mol. The summed E-state index contributed by atoms with van der Waals surface area (Å²) in [6.45, 7) is 3.83. The van der Waals surface area contributed by atoms with Crippen molar-refractivity contribution in [2.75, 3.05) is 26.6 Å². The minimum Gasteiger partial charge on any atom is -0.493 e. The number of hydrogen-bond acceptors (Lipinski definition) is 7. The second-order valence-electron chi connectivity index (χ2n) is 6.15. The van der Waals surface area contributed by atoms with Gasteiger partial charge in [-0.1, -0.05) is 0 Å².